The Kier molecular flexibility index (Phi) is 6.46. The van der Waals surface area contributed by atoms with Crippen LogP contribution in [-0.4, -0.2) is 57.0 Å². The van der Waals surface area contributed by atoms with Crippen LogP contribution < -0.4 is 10.4 Å². The number of hydrogen-bond acceptors (Lipinski definition) is 7. The van der Waals surface area contributed by atoms with E-state index in [1.54, 1.807) is 0 Å². The average molecular weight is 467 g/mol. The van der Waals surface area contributed by atoms with E-state index in [1.165, 1.54) is 30.2 Å². The number of amides is 2. The second-order valence-corrected chi connectivity index (χ2v) is 11.5. The lowest BCUT2D eigenvalue weighted by Gasteiger charge is -2.29. The number of carbonyl (C=O) groups is 2. The van der Waals surface area contributed by atoms with Crippen LogP contribution in [0, 0.1) is 0 Å². The number of hydroxylamine groups is 1. The molecular formula is C22H30N2O7S. The van der Waals surface area contributed by atoms with E-state index in [-0.39, 0.29) is 13.0 Å². The molecule has 1 aromatic carbocycles. The van der Waals surface area contributed by atoms with E-state index in [9.17, 15) is 18.0 Å². The highest BCUT2D eigenvalue weighted by Gasteiger charge is 2.49. The number of rotatable bonds is 8. The molecule has 2 amide bonds. The molecule has 2 saturated heterocycles. The fourth-order valence-electron chi connectivity index (χ4n) is 4.06. The van der Waals surface area contributed by atoms with Crippen LogP contribution in [0.25, 0.3) is 0 Å². The van der Waals surface area contributed by atoms with Crippen LogP contribution in [0.1, 0.15) is 56.9 Å². The molecule has 3 unspecified atom stereocenters. The first kappa shape index (κ1) is 23.0. The summed E-state index contributed by atoms with van der Waals surface area (Å²) < 4.78 is 34.1. The average Bonchev–Trinajstić information content (AvgIpc) is 3.55. The molecule has 0 spiro atoms. The number of nitrogens with one attached hydrogen (secondary N) is 1. The van der Waals surface area contributed by atoms with Gasteiger partial charge in [0.25, 0.3) is 5.91 Å². The van der Waals surface area contributed by atoms with Crippen molar-refractivity contribution in [2.45, 2.75) is 68.5 Å². The highest BCUT2D eigenvalue weighted by atomic mass is 32.2. The van der Waals surface area contributed by atoms with Crippen molar-refractivity contribution in [2.24, 2.45) is 0 Å². The van der Waals surface area contributed by atoms with E-state index in [1.807, 2.05) is 24.3 Å². The van der Waals surface area contributed by atoms with Crippen LogP contribution in [0.3, 0.4) is 0 Å². The number of sulfone groups is 1. The van der Waals surface area contributed by atoms with E-state index in [2.05, 4.69) is 5.48 Å². The molecule has 0 aromatic heterocycles. The van der Waals surface area contributed by atoms with Gasteiger partial charge in [-0.1, -0.05) is 12.1 Å². The Hall–Kier alpha value is -2.17. The van der Waals surface area contributed by atoms with Gasteiger partial charge in [-0.15, -0.1) is 0 Å². The molecule has 3 aliphatic rings. The van der Waals surface area contributed by atoms with Gasteiger partial charge < -0.3 is 9.47 Å². The van der Waals surface area contributed by atoms with Gasteiger partial charge in [-0.2, -0.15) is 0 Å². The molecular weight excluding hydrogens is 436 g/mol. The third-order valence-electron chi connectivity index (χ3n) is 6.46. The van der Waals surface area contributed by atoms with Gasteiger partial charge in [0.15, 0.2) is 20.9 Å². The zero-order valence-electron chi connectivity index (χ0n) is 18.4. The fraction of sp³-hybridized carbons (Fsp3) is 0.636. The van der Waals surface area contributed by atoms with Crippen molar-refractivity contribution >= 4 is 27.5 Å². The Morgan fingerprint density at radius 1 is 1.22 bits per heavy atom. The molecule has 10 heteroatoms. The maximum Gasteiger partial charge on any atom is 0.414 e. The number of nitrogens with zero attached hydrogens (tertiary/aromatic N) is 1. The second kappa shape index (κ2) is 8.99. The third kappa shape index (κ3) is 4.92. The number of benzene rings is 1. The van der Waals surface area contributed by atoms with Gasteiger partial charge in [-0.05, 0) is 56.2 Å². The molecule has 3 fully saturated rings. The Balaban J connectivity index is 1.41. The van der Waals surface area contributed by atoms with Crippen molar-refractivity contribution in [3.63, 3.8) is 0 Å². The first-order valence-corrected chi connectivity index (χ1v) is 12.9. The van der Waals surface area contributed by atoms with Crippen molar-refractivity contribution in [1.29, 1.82) is 0 Å². The Bertz CT molecular complexity index is 955. The number of hydrogen-bond donors (Lipinski definition) is 1. The van der Waals surface area contributed by atoms with Gasteiger partial charge in [0.2, 0.25) is 0 Å². The van der Waals surface area contributed by atoms with Gasteiger partial charge in [-0.25, -0.2) is 23.5 Å². The monoisotopic (exact) mass is 466 g/mol. The van der Waals surface area contributed by atoms with E-state index in [0.717, 1.165) is 19.1 Å². The standard InChI is InChI=1S/C22H30N2O7S/c1-22(32(2,27)28,20(25)23-31-19-5-3-4-12-29-19)13-18-14-24(21(26)30-18)17-10-8-16(9-11-17)15-6-7-15/h8-11,15,18-19H,3-7,12-14H2,1-2H3,(H,23,25). The SMILES string of the molecule is CC(CC1CN(c2ccc(C3CC3)cc2)C(=O)O1)(C(=O)NOC1CCCCO1)S(C)(=O)=O. The molecule has 1 N–H and O–H groups in total. The smallest absolute Gasteiger partial charge is 0.414 e. The van der Waals surface area contributed by atoms with Crippen LogP contribution in [0.4, 0.5) is 10.5 Å². The van der Waals surface area contributed by atoms with Crippen molar-refractivity contribution in [1.82, 2.24) is 5.48 Å². The molecule has 0 radical (unpaired) electrons. The van der Waals surface area contributed by atoms with E-state index in [4.69, 9.17) is 14.3 Å². The molecule has 2 aliphatic heterocycles. The minimum atomic E-state index is -3.85. The molecule has 32 heavy (non-hydrogen) atoms. The maximum absolute atomic E-state index is 12.9. The molecule has 4 rings (SSSR count). The highest BCUT2D eigenvalue weighted by molar-refractivity contribution is 7.92. The summed E-state index contributed by atoms with van der Waals surface area (Å²) in [5.74, 6) is -0.199. The summed E-state index contributed by atoms with van der Waals surface area (Å²) in [7, 11) is -3.85. The first-order chi connectivity index (χ1) is 15.2. The van der Waals surface area contributed by atoms with Crippen LogP contribution in [-0.2, 0) is 28.9 Å². The molecule has 2 heterocycles. The van der Waals surface area contributed by atoms with Crippen LogP contribution >= 0.6 is 0 Å². The summed E-state index contributed by atoms with van der Waals surface area (Å²) in [6.07, 6.45) is 3.70. The van der Waals surface area contributed by atoms with Gasteiger partial charge in [-0.3, -0.25) is 9.69 Å². The predicted octanol–water partition coefficient (Wildman–Crippen LogP) is 2.66. The van der Waals surface area contributed by atoms with E-state index < -0.39 is 39.0 Å². The minimum Gasteiger partial charge on any atom is -0.444 e. The minimum absolute atomic E-state index is 0.159. The maximum atomic E-state index is 12.9. The Morgan fingerprint density at radius 3 is 2.53 bits per heavy atom. The molecule has 1 saturated carbocycles. The number of cyclic esters (lactones) is 1. The predicted molar refractivity (Wildman–Crippen MR) is 117 cm³/mol. The second-order valence-electron chi connectivity index (χ2n) is 9.03. The summed E-state index contributed by atoms with van der Waals surface area (Å²) in [6, 6.07) is 7.76. The summed E-state index contributed by atoms with van der Waals surface area (Å²) in [4.78, 5) is 32.1. The number of anilines is 1. The topological polar surface area (TPSA) is 111 Å². The van der Waals surface area contributed by atoms with Crippen molar-refractivity contribution in [3.05, 3.63) is 29.8 Å². The van der Waals surface area contributed by atoms with Gasteiger partial charge >= 0.3 is 6.09 Å². The summed E-state index contributed by atoms with van der Waals surface area (Å²) in [6.45, 7) is 2.01. The quantitative estimate of drug-likeness (QED) is 0.586. The number of carbonyl (C=O) groups excluding carboxylic acids is 2. The Labute approximate surface area is 188 Å². The third-order valence-corrected chi connectivity index (χ3v) is 8.45. The van der Waals surface area contributed by atoms with Crippen LogP contribution in [0.15, 0.2) is 24.3 Å². The first-order valence-electron chi connectivity index (χ1n) is 11.0. The summed E-state index contributed by atoms with van der Waals surface area (Å²) >= 11 is 0. The van der Waals surface area contributed by atoms with Crippen molar-refractivity contribution < 1.29 is 32.3 Å². The van der Waals surface area contributed by atoms with Gasteiger partial charge in [0, 0.05) is 31.4 Å². The zero-order chi connectivity index (χ0) is 22.9. The van der Waals surface area contributed by atoms with E-state index in [0.29, 0.717) is 24.6 Å². The molecule has 1 aliphatic carbocycles. The van der Waals surface area contributed by atoms with Crippen molar-refractivity contribution in [2.75, 3.05) is 24.3 Å². The lowest BCUT2D eigenvalue weighted by atomic mass is 10.0. The van der Waals surface area contributed by atoms with Gasteiger partial charge in [0.05, 0.1) is 6.54 Å². The molecule has 9 nitrogen and oxygen atoms in total. The lowest BCUT2D eigenvalue weighted by molar-refractivity contribution is -0.201. The summed E-state index contributed by atoms with van der Waals surface area (Å²) in [5, 5.41) is 0. The van der Waals surface area contributed by atoms with Crippen molar-refractivity contribution in [3.8, 4) is 0 Å². The molecule has 1 aromatic rings. The summed E-state index contributed by atoms with van der Waals surface area (Å²) in [5.41, 5.74) is 4.19. The van der Waals surface area contributed by atoms with Crippen LogP contribution in [0.5, 0.6) is 0 Å². The molecule has 0 bridgehead atoms. The van der Waals surface area contributed by atoms with E-state index >= 15 is 0 Å². The normalized spacial score (nSPS) is 25.8. The number of ether oxygens (including phenoxy) is 2. The molecule has 176 valence electrons. The highest BCUT2D eigenvalue weighted by Crippen LogP contribution is 2.40. The Morgan fingerprint density at radius 2 is 1.94 bits per heavy atom. The largest absolute Gasteiger partial charge is 0.444 e. The molecule has 3 atom stereocenters. The van der Waals surface area contributed by atoms with Crippen LogP contribution in [0.2, 0.25) is 0 Å². The fourth-order valence-corrected chi connectivity index (χ4v) is 4.93. The lowest BCUT2D eigenvalue weighted by Crippen LogP contribution is -2.53. The zero-order valence-corrected chi connectivity index (χ0v) is 19.2. The van der Waals surface area contributed by atoms with Gasteiger partial charge in [0.1, 0.15) is 6.10 Å².